The monoisotopic (exact) mass is 433 g/mol. The zero-order valence-electron chi connectivity index (χ0n) is 16.6. The molecule has 4 rings (SSSR count). The molecule has 2 aliphatic heterocycles. The van der Waals surface area contributed by atoms with Crippen LogP contribution in [0.2, 0.25) is 0 Å². The lowest BCUT2D eigenvalue weighted by Crippen LogP contribution is -2.52. The molecule has 158 valence electrons. The molecule has 2 aromatic rings. The molecule has 0 unspecified atom stereocenters. The summed E-state index contributed by atoms with van der Waals surface area (Å²) in [7, 11) is -4.11. The van der Waals surface area contributed by atoms with Gasteiger partial charge in [0.25, 0.3) is 5.91 Å². The minimum Gasteiger partial charge on any atom is -0.326 e. The molecule has 2 aromatic carbocycles. The summed E-state index contributed by atoms with van der Waals surface area (Å²) in [6.07, 6.45) is 0.518. The van der Waals surface area contributed by atoms with Crippen LogP contribution in [0.25, 0.3) is 0 Å². The van der Waals surface area contributed by atoms with Crippen molar-refractivity contribution in [1.29, 1.82) is 0 Å². The number of amides is 1. The van der Waals surface area contributed by atoms with E-state index in [1.54, 1.807) is 0 Å². The molecule has 0 atom stereocenters. The highest BCUT2D eigenvalue weighted by atomic mass is 32.2. The minimum atomic E-state index is -4.11. The quantitative estimate of drug-likeness (QED) is 0.809. The van der Waals surface area contributed by atoms with Crippen molar-refractivity contribution in [3.8, 4) is 0 Å². The summed E-state index contributed by atoms with van der Waals surface area (Å²) in [6, 6.07) is 8.07. The Morgan fingerprint density at radius 2 is 1.73 bits per heavy atom. The fourth-order valence-corrected chi connectivity index (χ4v) is 5.29. The Balaban J connectivity index is 1.56. The Bertz CT molecular complexity index is 1170. The first-order valence-electron chi connectivity index (χ1n) is 9.56. The number of carbonyl (C=O) groups excluding carboxylic acids is 1. The Morgan fingerprint density at radius 3 is 2.37 bits per heavy atom. The molecular weight excluding hydrogens is 412 g/mol. The number of carbonyl (C=O) groups is 1. The number of nitrogens with one attached hydrogen (secondary N) is 1. The Labute approximate surface area is 173 Å². The summed E-state index contributed by atoms with van der Waals surface area (Å²) in [6.45, 7) is 4.06. The third-order valence-corrected chi connectivity index (χ3v) is 7.66. The minimum absolute atomic E-state index is 0.0587. The van der Waals surface area contributed by atoms with Crippen LogP contribution in [0.15, 0.2) is 46.3 Å². The normalized spacial score (nSPS) is 19.1. The molecule has 2 aliphatic rings. The molecule has 0 aromatic heterocycles. The number of hydrogen-bond acceptors (Lipinski definition) is 4. The number of aliphatic imine (C=N–C) groups is 1. The number of hydrogen-bond donors (Lipinski definition) is 1. The van der Waals surface area contributed by atoms with Crippen molar-refractivity contribution in [2.24, 2.45) is 4.99 Å². The number of aryl methyl sites for hydroxylation is 2. The van der Waals surface area contributed by atoms with Crippen LogP contribution < -0.4 is 5.32 Å². The fraction of sp³-hybridized carbons (Fsp3) is 0.333. The largest absolute Gasteiger partial charge is 0.326 e. The van der Waals surface area contributed by atoms with Gasteiger partial charge >= 0.3 is 0 Å². The van der Waals surface area contributed by atoms with Crippen molar-refractivity contribution in [2.75, 3.05) is 13.1 Å². The van der Waals surface area contributed by atoms with E-state index >= 15 is 0 Å². The van der Waals surface area contributed by atoms with E-state index in [1.165, 1.54) is 0 Å². The van der Waals surface area contributed by atoms with Gasteiger partial charge in [0.1, 0.15) is 27.9 Å². The maximum atomic E-state index is 14.0. The zero-order valence-corrected chi connectivity index (χ0v) is 17.4. The van der Waals surface area contributed by atoms with Crippen LogP contribution >= 0.6 is 0 Å². The highest BCUT2D eigenvalue weighted by Gasteiger charge is 2.44. The van der Waals surface area contributed by atoms with Crippen molar-refractivity contribution in [2.45, 2.75) is 37.2 Å². The van der Waals surface area contributed by atoms with Gasteiger partial charge in [-0.2, -0.15) is 4.31 Å². The molecule has 1 spiro atoms. The van der Waals surface area contributed by atoms with Gasteiger partial charge in [-0.25, -0.2) is 17.2 Å². The standard InChI is InChI=1S/C21H21F2N3O3S/c1-13-3-4-15(11-14(13)2)19-20(27)25-21(24-19)7-9-26(10-8-21)30(28,29)18-6-5-16(22)12-17(18)23/h3-6,11-12H,7-10H2,1-2H3,(H,25,27). The smallest absolute Gasteiger partial charge is 0.272 e. The van der Waals surface area contributed by atoms with Crippen LogP contribution in [0, 0.1) is 25.5 Å². The van der Waals surface area contributed by atoms with Crippen molar-refractivity contribution in [3.63, 3.8) is 0 Å². The van der Waals surface area contributed by atoms with Gasteiger partial charge in [0.05, 0.1) is 0 Å². The van der Waals surface area contributed by atoms with E-state index < -0.39 is 32.2 Å². The second-order valence-corrected chi connectivity index (χ2v) is 9.63. The molecule has 1 N–H and O–H groups in total. The number of nitrogens with zero attached hydrogens (tertiary/aromatic N) is 2. The number of benzene rings is 2. The molecular formula is C21H21F2N3O3S. The van der Waals surface area contributed by atoms with Gasteiger partial charge in [0.2, 0.25) is 10.0 Å². The molecule has 9 heteroatoms. The molecule has 0 saturated carbocycles. The summed E-state index contributed by atoms with van der Waals surface area (Å²) in [5, 5.41) is 2.89. The molecule has 6 nitrogen and oxygen atoms in total. The number of sulfonamides is 1. The van der Waals surface area contributed by atoms with Gasteiger partial charge in [-0.15, -0.1) is 0 Å². The van der Waals surface area contributed by atoms with E-state index in [2.05, 4.69) is 10.3 Å². The Morgan fingerprint density at radius 1 is 1.03 bits per heavy atom. The number of rotatable bonds is 3. The van der Waals surface area contributed by atoms with Crippen LogP contribution in [0.5, 0.6) is 0 Å². The maximum absolute atomic E-state index is 14.0. The van der Waals surface area contributed by atoms with Gasteiger partial charge in [0, 0.05) is 37.6 Å². The van der Waals surface area contributed by atoms with Gasteiger partial charge in [-0.3, -0.25) is 9.79 Å². The Kier molecular flexibility index (Phi) is 4.98. The average Bonchev–Trinajstić information content (AvgIpc) is 2.99. The number of halogens is 2. The topological polar surface area (TPSA) is 78.8 Å². The van der Waals surface area contributed by atoms with Crippen LogP contribution in [-0.4, -0.2) is 43.1 Å². The van der Waals surface area contributed by atoms with Crippen LogP contribution in [0.3, 0.4) is 0 Å². The summed E-state index contributed by atoms with van der Waals surface area (Å²) < 4.78 is 53.9. The van der Waals surface area contributed by atoms with Gasteiger partial charge in [-0.1, -0.05) is 12.1 Å². The molecule has 0 aliphatic carbocycles. The van der Waals surface area contributed by atoms with Gasteiger partial charge in [-0.05, 0) is 43.2 Å². The van der Waals surface area contributed by atoms with Gasteiger partial charge in [0.15, 0.2) is 0 Å². The lowest BCUT2D eigenvalue weighted by Gasteiger charge is -2.36. The summed E-state index contributed by atoms with van der Waals surface area (Å²) in [5.41, 5.74) is 2.33. The molecule has 1 saturated heterocycles. The van der Waals surface area contributed by atoms with Crippen molar-refractivity contribution >= 4 is 21.6 Å². The van der Waals surface area contributed by atoms with E-state index in [0.717, 1.165) is 33.1 Å². The maximum Gasteiger partial charge on any atom is 0.272 e. The second kappa shape index (κ2) is 7.24. The highest BCUT2D eigenvalue weighted by molar-refractivity contribution is 7.89. The summed E-state index contributed by atoms with van der Waals surface area (Å²) in [5.74, 6) is -2.26. The summed E-state index contributed by atoms with van der Waals surface area (Å²) in [4.78, 5) is 16.6. The zero-order chi connectivity index (χ0) is 21.7. The first-order valence-corrected chi connectivity index (χ1v) is 11.0. The third kappa shape index (κ3) is 3.52. The van der Waals surface area contributed by atoms with E-state index in [9.17, 15) is 22.0 Å². The average molecular weight is 433 g/mol. The molecule has 0 radical (unpaired) electrons. The number of piperidine rings is 1. The van der Waals surface area contributed by atoms with E-state index in [-0.39, 0.29) is 31.8 Å². The van der Waals surface area contributed by atoms with E-state index in [0.29, 0.717) is 11.8 Å². The molecule has 2 heterocycles. The lowest BCUT2D eigenvalue weighted by atomic mass is 10.00. The Hall–Kier alpha value is -2.65. The highest BCUT2D eigenvalue weighted by Crippen LogP contribution is 2.32. The first kappa shape index (κ1) is 20.6. The third-order valence-electron chi connectivity index (χ3n) is 5.73. The van der Waals surface area contributed by atoms with Crippen molar-refractivity contribution < 1.29 is 22.0 Å². The van der Waals surface area contributed by atoms with E-state index in [1.807, 2.05) is 32.0 Å². The summed E-state index contributed by atoms with van der Waals surface area (Å²) >= 11 is 0. The molecule has 1 amide bonds. The molecule has 1 fully saturated rings. The fourth-order valence-electron chi connectivity index (χ4n) is 3.80. The SMILES string of the molecule is Cc1ccc(C2=NC3(CCN(S(=O)(=O)c4ccc(F)cc4F)CC3)NC2=O)cc1C. The lowest BCUT2D eigenvalue weighted by molar-refractivity contribution is -0.115. The predicted molar refractivity (Wildman–Crippen MR) is 108 cm³/mol. The van der Waals surface area contributed by atoms with Crippen LogP contribution in [-0.2, 0) is 14.8 Å². The second-order valence-electron chi connectivity index (χ2n) is 7.72. The molecule has 0 bridgehead atoms. The molecule has 30 heavy (non-hydrogen) atoms. The van der Waals surface area contributed by atoms with Crippen molar-refractivity contribution in [3.05, 3.63) is 64.7 Å². The van der Waals surface area contributed by atoms with Gasteiger partial charge < -0.3 is 5.32 Å². The van der Waals surface area contributed by atoms with E-state index in [4.69, 9.17) is 0 Å². The first-order chi connectivity index (χ1) is 14.1. The predicted octanol–water partition coefficient (Wildman–Crippen LogP) is 2.68. The van der Waals surface area contributed by atoms with Crippen LogP contribution in [0.4, 0.5) is 8.78 Å². The van der Waals surface area contributed by atoms with Crippen LogP contribution in [0.1, 0.15) is 29.5 Å². The van der Waals surface area contributed by atoms with Crippen molar-refractivity contribution in [1.82, 2.24) is 9.62 Å².